The van der Waals surface area contributed by atoms with Crippen molar-refractivity contribution in [1.29, 1.82) is 5.26 Å². The Kier molecular flexibility index (Phi) is 4.54. The first-order valence-electron chi connectivity index (χ1n) is 8.51. The number of nitrogens with one attached hydrogen (secondary N) is 1. The first-order valence-corrected chi connectivity index (χ1v) is 8.51. The lowest BCUT2D eigenvalue weighted by Crippen LogP contribution is -2.41. The maximum atomic E-state index is 12.9. The van der Waals surface area contributed by atoms with Gasteiger partial charge in [0.15, 0.2) is 5.78 Å². The van der Waals surface area contributed by atoms with E-state index in [0.717, 1.165) is 16.0 Å². The summed E-state index contributed by atoms with van der Waals surface area (Å²) >= 11 is 0. The van der Waals surface area contributed by atoms with Crippen LogP contribution in [0.3, 0.4) is 0 Å². The highest BCUT2D eigenvalue weighted by Crippen LogP contribution is 2.29. The molecule has 6 nitrogen and oxygen atoms in total. The Morgan fingerprint density at radius 3 is 2.44 bits per heavy atom. The number of ketones is 1. The van der Waals surface area contributed by atoms with Crippen LogP contribution in [0.25, 0.3) is 0 Å². The molecule has 0 aliphatic carbocycles. The average molecular weight is 361 g/mol. The fourth-order valence-corrected chi connectivity index (χ4v) is 3.18. The van der Waals surface area contributed by atoms with Crippen molar-refractivity contribution in [2.45, 2.75) is 26.3 Å². The predicted octanol–water partition coefficient (Wildman–Crippen LogP) is 2.83. The second-order valence-corrected chi connectivity index (χ2v) is 6.88. The van der Waals surface area contributed by atoms with Crippen LogP contribution in [-0.2, 0) is 10.3 Å². The monoisotopic (exact) mass is 361 g/mol. The molecule has 0 spiro atoms. The molecule has 2 aromatic rings. The van der Waals surface area contributed by atoms with Crippen LogP contribution in [0.4, 0.5) is 4.79 Å². The van der Waals surface area contributed by atoms with Crippen LogP contribution in [0.5, 0.6) is 0 Å². The lowest BCUT2D eigenvalue weighted by molar-refractivity contribution is -0.130. The molecule has 0 bridgehead atoms. The Hall–Kier alpha value is -3.46. The van der Waals surface area contributed by atoms with Gasteiger partial charge in [-0.1, -0.05) is 29.8 Å². The number of urea groups is 1. The number of rotatable bonds is 4. The summed E-state index contributed by atoms with van der Waals surface area (Å²) in [5.74, 6) is -0.778. The van der Waals surface area contributed by atoms with Gasteiger partial charge in [0.05, 0.1) is 18.2 Å². The summed E-state index contributed by atoms with van der Waals surface area (Å²) in [4.78, 5) is 39.0. The van der Waals surface area contributed by atoms with Crippen molar-refractivity contribution in [1.82, 2.24) is 10.2 Å². The van der Waals surface area contributed by atoms with E-state index in [1.807, 2.05) is 32.0 Å². The molecule has 2 aromatic carbocycles. The number of hydrogen-bond acceptors (Lipinski definition) is 4. The molecule has 1 aliphatic heterocycles. The predicted molar refractivity (Wildman–Crippen MR) is 99.0 cm³/mol. The van der Waals surface area contributed by atoms with Gasteiger partial charge in [-0.15, -0.1) is 0 Å². The van der Waals surface area contributed by atoms with Crippen molar-refractivity contribution < 1.29 is 14.4 Å². The molecule has 1 atom stereocenters. The van der Waals surface area contributed by atoms with E-state index in [1.165, 1.54) is 0 Å². The summed E-state index contributed by atoms with van der Waals surface area (Å²) in [6.45, 7) is 4.98. The van der Waals surface area contributed by atoms with Gasteiger partial charge in [-0.3, -0.25) is 14.5 Å². The minimum atomic E-state index is -1.27. The number of benzene rings is 2. The summed E-state index contributed by atoms with van der Waals surface area (Å²) in [5.41, 5.74) is 1.98. The zero-order chi connectivity index (χ0) is 19.8. The SMILES string of the molecule is Cc1ccc(C)c(C(=O)CN2C(=O)NC(C)(c3ccc(C#N)cc3)C2=O)c1. The first kappa shape index (κ1) is 18.3. The second-order valence-electron chi connectivity index (χ2n) is 6.88. The van der Waals surface area contributed by atoms with E-state index in [1.54, 1.807) is 37.3 Å². The molecule has 1 saturated heterocycles. The Bertz CT molecular complexity index is 989. The van der Waals surface area contributed by atoms with Crippen molar-refractivity contribution in [2.24, 2.45) is 0 Å². The number of Topliss-reactive ketones (excluding diaryl/α,β-unsaturated/α-hetero) is 1. The van der Waals surface area contributed by atoms with Gasteiger partial charge in [-0.25, -0.2) is 4.79 Å². The molecule has 136 valence electrons. The number of aryl methyl sites for hydroxylation is 2. The molecular weight excluding hydrogens is 342 g/mol. The highest BCUT2D eigenvalue weighted by molar-refractivity contribution is 6.11. The van der Waals surface area contributed by atoms with Gasteiger partial charge >= 0.3 is 6.03 Å². The fourth-order valence-electron chi connectivity index (χ4n) is 3.18. The van der Waals surface area contributed by atoms with Crippen molar-refractivity contribution in [3.63, 3.8) is 0 Å². The number of nitriles is 1. The standard InChI is InChI=1S/C21H19N3O3/c1-13-4-5-14(2)17(10-13)18(25)12-24-19(26)21(3,23-20(24)27)16-8-6-15(11-22)7-9-16/h4-10H,12H2,1-3H3,(H,23,27). The Morgan fingerprint density at radius 2 is 1.81 bits per heavy atom. The zero-order valence-electron chi connectivity index (χ0n) is 15.4. The first-order chi connectivity index (χ1) is 12.8. The number of nitrogens with zero attached hydrogens (tertiary/aromatic N) is 2. The van der Waals surface area contributed by atoms with Crippen molar-refractivity contribution >= 4 is 17.7 Å². The highest BCUT2D eigenvalue weighted by Gasteiger charge is 2.49. The summed E-state index contributed by atoms with van der Waals surface area (Å²) in [6.07, 6.45) is 0. The lowest BCUT2D eigenvalue weighted by atomic mass is 9.91. The molecule has 1 fully saturated rings. The number of carbonyl (C=O) groups is 3. The van der Waals surface area contributed by atoms with E-state index >= 15 is 0 Å². The maximum absolute atomic E-state index is 12.9. The minimum absolute atomic E-state index is 0.288. The average Bonchev–Trinajstić information content (AvgIpc) is 2.87. The second kappa shape index (κ2) is 6.69. The summed E-state index contributed by atoms with van der Waals surface area (Å²) in [6, 6.07) is 13.4. The van der Waals surface area contributed by atoms with Crippen molar-refractivity contribution in [3.05, 3.63) is 70.3 Å². The Labute approximate surface area is 157 Å². The fraction of sp³-hybridized carbons (Fsp3) is 0.238. The smallest absolute Gasteiger partial charge is 0.319 e. The molecule has 0 aromatic heterocycles. The van der Waals surface area contributed by atoms with Crippen LogP contribution in [0.1, 0.15) is 39.5 Å². The highest BCUT2D eigenvalue weighted by atomic mass is 16.2. The third-order valence-electron chi connectivity index (χ3n) is 4.86. The topological polar surface area (TPSA) is 90.3 Å². The summed E-state index contributed by atoms with van der Waals surface area (Å²) in [5, 5.41) is 11.6. The van der Waals surface area contributed by atoms with E-state index in [2.05, 4.69) is 5.32 Å². The molecule has 3 rings (SSSR count). The zero-order valence-corrected chi connectivity index (χ0v) is 15.4. The van der Waals surface area contributed by atoms with Crippen LogP contribution < -0.4 is 5.32 Å². The van der Waals surface area contributed by atoms with Gasteiger partial charge in [0, 0.05) is 5.56 Å². The molecule has 0 radical (unpaired) electrons. The third-order valence-corrected chi connectivity index (χ3v) is 4.86. The van der Waals surface area contributed by atoms with Crippen molar-refractivity contribution in [3.8, 4) is 6.07 Å². The van der Waals surface area contributed by atoms with Crippen LogP contribution in [0, 0.1) is 25.2 Å². The van der Waals surface area contributed by atoms with Gasteiger partial charge in [0.25, 0.3) is 5.91 Å². The van der Waals surface area contributed by atoms with Crippen LogP contribution in [-0.4, -0.2) is 29.2 Å². The number of carbonyl (C=O) groups excluding carboxylic acids is 3. The number of imide groups is 1. The Balaban J connectivity index is 1.86. The van der Waals surface area contributed by atoms with E-state index in [4.69, 9.17) is 5.26 Å². The summed E-state index contributed by atoms with van der Waals surface area (Å²) in [7, 11) is 0. The lowest BCUT2D eigenvalue weighted by Gasteiger charge is -2.22. The number of hydrogen-bond donors (Lipinski definition) is 1. The molecule has 6 heteroatoms. The molecule has 3 amide bonds. The van der Waals surface area contributed by atoms with Gasteiger partial charge in [0.1, 0.15) is 5.54 Å². The van der Waals surface area contributed by atoms with Gasteiger partial charge < -0.3 is 5.32 Å². The molecule has 27 heavy (non-hydrogen) atoms. The van der Waals surface area contributed by atoms with E-state index in [0.29, 0.717) is 16.7 Å². The molecule has 1 N–H and O–H groups in total. The van der Waals surface area contributed by atoms with E-state index < -0.39 is 17.5 Å². The maximum Gasteiger partial charge on any atom is 0.325 e. The quantitative estimate of drug-likeness (QED) is 0.670. The van der Waals surface area contributed by atoms with Gasteiger partial charge in [-0.05, 0) is 50.1 Å². The van der Waals surface area contributed by atoms with Crippen LogP contribution in [0.15, 0.2) is 42.5 Å². The minimum Gasteiger partial charge on any atom is -0.319 e. The molecule has 0 saturated carbocycles. The molecule has 1 aliphatic rings. The van der Waals surface area contributed by atoms with Gasteiger partial charge in [0.2, 0.25) is 0 Å². The van der Waals surface area contributed by atoms with E-state index in [-0.39, 0.29) is 12.3 Å². The number of amides is 3. The largest absolute Gasteiger partial charge is 0.325 e. The van der Waals surface area contributed by atoms with E-state index in [9.17, 15) is 14.4 Å². The summed E-state index contributed by atoms with van der Waals surface area (Å²) < 4.78 is 0. The Morgan fingerprint density at radius 1 is 1.15 bits per heavy atom. The van der Waals surface area contributed by atoms with Gasteiger partial charge in [-0.2, -0.15) is 5.26 Å². The molecule has 1 unspecified atom stereocenters. The van der Waals surface area contributed by atoms with Crippen LogP contribution in [0.2, 0.25) is 0 Å². The van der Waals surface area contributed by atoms with Crippen LogP contribution >= 0.6 is 0 Å². The molecule has 1 heterocycles. The van der Waals surface area contributed by atoms with Crippen molar-refractivity contribution in [2.75, 3.05) is 6.54 Å². The normalized spacial score (nSPS) is 19.0. The third kappa shape index (κ3) is 3.20. The molecular formula is C21H19N3O3.